The van der Waals surface area contributed by atoms with Gasteiger partial charge < -0.3 is 14.1 Å². The molecule has 7 nitrogen and oxygen atoms in total. The largest absolute Gasteiger partial charge is 0.466 e. The van der Waals surface area contributed by atoms with Crippen LogP contribution < -0.4 is 0 Å². The minimum Gasteiger partial charge on any atom is -0.466 e. The van der Waals surface area contributed by atoms with Crippen LogP contribution in [0.2, 0.25) is 0 Å². The number of esters is 1. The highest BCUT2D eigenvalue weighted by Gasteiger charge is 2.31. The van der Waals surface area contributed by atoms with Crippen molar-refractivity contribution in [3.05, 3.63) is 59.0 Å². The Bertz CT molecular complexity index is 1010. The standard InChI is InChI=1S/C22H27NO6S/c1-3-28-22(25)17-9-6-12-23(13-17)21(24)20-11-10-19(29-20)15-30(26,27)14-18-8-5-4-7-16(18)2/h4-5,7-8,10-11,17H,3,6,9,12-15H2,1-2H3/t17-/m0/s1. The monoisotopic (exact) mass is 433 g/mol. The molecule has 0 radical (unpaired) electrons. The summed E-state index contributed by atoms with van der Waals surface area (Å²) in [6.07, 6.45) is 1.39. The first-order chi connectivity index (χ1) is 14.3. The molecule has 0 saturated carbocycles. The molecule has 1 aliphatic heterocycles. The van der Waals surface area contributed by atoms with Gasteiger partial charge in [0.15, 0.2) is 15.6 Å². The zero-order valence-corrected chi connectivity index (χ0v) is 18.1. The average Bonchev–Trinajstić information content (AvgIpc) is 3.17. The van der Waals surface area contributed by atoms with Gasteiger partial charge in [0.2, 0.25) is 0 Å². The van der Waals surface area contributed by atoms with E-state index in [1.807, 2.05) is 25.1 Å². The van der Waals surface area contributed by atoms with Gasteiger partial charge in [-0.1, -0.05) is 24.3 Å². The van der Waals surface area contributed by atoms with Crippen molar-refractivity contribution in [1.82, 2.24) is 4.90 Å². The number of carbonyl (C=O) groups is 2. The lowest BCUT2D eigenvalue weighted by Gasteiger charge is -2.30. The van der Waals surface area contributed by atoms with Crippen LogP contribution in [0.25, 0.3) is 0 Å². The van der Waals surface area contributed by atoms with Gasteiger partial charge in [0.25, 0.3) is 5.91 Å². The van der Waals surface area contributed by atoms with E-state index in [0.717, 1.165) is 11.1 Å². The molecule has 1 aliphatic rings. The lowest BCUT2D eigenvalue weighted by Crippen LogP contribution is -2.42. The van der Waals surface area contributed by atoms with Crippen molar-refractivity contribution in [3.63, 3.8) is 0 Å². The molecule has 0 unspecified atom stereocenters. The molecule has 0 aliphatic carbocycles. The third-order valence-corrected chi connectivity index (χ3v) is 6.67. The summed E-state index contributed by atoms with van der Waals surface area (Å²) in [6.45, 7) is 4.73. The smallest absolute Gasteiger partial charge is 0.310 e. The van der Waals surface area contributed by atoms with E-state index in [0.29, 0.717) is 26.0 Å². The number of rotatable bonds is 7. The van der Waals surface area contributed by atoms with Crippen LogP contribution in [0.4, 0.5) is 0 Å². The third-order valence-electron chi connectivity index (χ3n) is 5.20. The average molecular weight is 434 g/mol. The van der Waals surface area contributed by atoms with Gasteiger partial charge in [0.1, 0.15) is 11.5 Å². The first-order valence-electron chi connectivity index (χ1n) is 10.1. The summed E-state index contributed by atoms with van der Waals surface area (Å²) in [7, 11) is -3.45. The van der Waals surface area contributed by atoms with E-state index in [9.17, 15) is 18.0 Å². The lowest BCUT2D eigenvalue weighted by molar-refractivity contribution is -0.149. The van der Waals surface area contributed by atoms with Crippen LogP contribution in [0.15, 0.2) is 40.8 Å². The molecule has 1 saturated heterocycles. The normalized spacial score (nSPS) is 17.0. The van der Waals surface area contributed by atoms with E-state index >= 15 is 0 Å². The van der Waals surface area contributed by atoms with E-state index in [-0.39, 0.29) is 47.4 Å². The van der Waals surface area contributed by atoms with Gasteiger partial charge >= 0.3 is 5.97 Å². The molecule has 162 valence electrons. The van der Waals surface area contributed by atoms with Gasteiger partial charge in [-0.15, -0.1) is 0 Å². The van der Waals surface area contributed by atoms with Crippen LogP contribution in [0, 0.1) is 12.8 Å². The summed E-state index contributed by atoms with van der Waals surface area (Å²) in [6, 6.07) is 10.4. The number of furan rings is 1. The first-order valence-corrected chi connectivity index (χ1v) is 11.9. The number of aryl methyl sites for hydroxylation is 1. The Morgan fingerprint density at radius 2 is 1.93 bits per heavy atom. The second-order valence-corrected chi connectivity index (χ2v) is 9.63. The molecule has 1 aromatic heterocycles. The number of amides is 1. The fourth-order valence-corrected chi connectivity index (χ4v) is 5.11. The Morgan fingerprint density at radius 3 is 2.67 bits per heavy atom. The molecule has 2 heterocycles. The first kappa shape index (κ1) is 22.1. The summed E-state index contributed by atoms with van der Waals surface area (Å²) in [5.74, 6) is -1.03. The zero-order valence-electron chi connectivity index (χ0n) is 17.3. The third kappa shape index (κ3) is 5.50. The molecule has 0 bridgehead atoms. The molecule has 1 amide bonds. The Labute approximate surface area is 176 Å². The Kier molecular flexibility index (Phi) is 6.97. The number of hydrogen-bond donors (Lipinski definition) is 0. The van der Waals surface area contributed by atoms with E-state index in [1.54, 1.807) is 17.9 Å². The number of carbonyl (C=O) groups excluding carboxylic acids is 2. The number of ether oxygens (including phenoxy) is 1. The maximum atomic E-state index is 12.8. The number of nitrogens with zero attached hydrogens (tertiary/aromatic N) is 1. The molecule has 1 fully saturated rings. The van der Waals surface area contributed by atoms with E-state index in [2.05, 4.69) is 0 Å². The van der Waals surface area contributed by atoms with Crippen molar-refractivity contribution >= 4 is 21.7 Å². The number of piperidine rings is 1. The van der Waals surface area contributed by atoms with Gasteiger partial charge in [0, 0.05) is 13.1 Å². The van der Waals surface area contributed by atoms with Crippen molar-refractivity contribution in [2.75, 3.05) is 19.7 Å². The van der Waals surface area contributed by atoms with Gasteiger partial charge in [-0.3, -0.25) is 9.59 Å². The second kappa shape index (κ2) is 9.47. The molecular weight excluding hydrogens is 406 g/mol. The number of likely N-dealkylation sites (tertiary alicyclic amines) is 1. The fourth-order valence-electron chi connectivity index (χ4n) is 3.62. The van der Waals surface area contributed by atoms with Crippen molar-refractivity contribution < 1.29 is 27.2 Å². The van der Waals surface area contributed by atoms with E-state index < -0.39 is 9.84 Å². The van der Waals surface area contributed by atoms with Crippen LogP contribution in [0.5, 0.6) is 0 Å². The maximum absolute atomic E-state index is 12.8. The minimum absolute atomic E-state index is 0.0839. The predicted octanol–water partition coefficient (Wildman–Crippen LogP) is 3.12. The van der Waals surface area contributed by atoms with Crippen LogP contribution in [0.1, 0.15) is 47.2 Å². The molecule has 0 spiro atoms. The van der Waals surface area contributed by atoms with Crippen molar-refractivity contribution in [2.45, 2.75) is 38.2 Å². The van der Waals surface area contributed by atoms with E-state index in [4.69, 9.17) is 9.15 Å². The van der Waals surface area contributed by atoms with Crippen LogP contribution in [-0.4, -0.2) is 44.9 Å². The quantitative estimate of drug-likeness (QED) is 0.623. The summed E-state index contributed by atoms with van der Waals surface area (Å²) in [4.78, 5) is 26.3. The van der Waals surface area contributed by atoms with Gasteiger partial charge in [-0.05, 0) is 49.9 Å². The van der Waals surface area contributed by atoms with Crippen LogP contribution >= 0.6 is 0 Å². The highest BCUT2D eigenvalue weighted by atomic mass is 32.2. The van der Waals surface area contributed by atoms with Gasteiger partial charge in [-0.25, -0.2) is 8.42 Å². The fraction of sp³-hybridized carbons (Fsp3) is 0.455. The van der Waals surface area contributed by atoms with Crippen molar-refractivity contribution in [1.29, 1.82) is 0 Å². The summed E-state index contributed by atoms with van der Waals surface area (Å²) < 4.78 is 35.8. The van der Waals surface area contributed by atoms with Crippen molar-refractivity contribution in [3.8, 4) is 0 Å². The Balaban J connectivity index is 1.64. The number of sulfone groups is 1. The predicted molar refractivity (Wildman–Crippen MR) is 111 cm³/mol. The van der Waals surface area contributed by atoms with E-state index in [1.165, 1.54) is 12.1 Å². The Morgan fingerprint density at radius 1 is 1.17 bits per heavy atom. The molecule has 0 N–H and O–H groups in total. The highest BCUT2D eigenvalue weighted by molar-refractivity contribution is 7.89. The molecule has 1 atom stereocenters. The Hall–Kier alpha value is -2.61. The molecular formula is C22H27NO6S. The highest BCUT2D eigenvalue weighted by Crippen LogP contribution is 2.22. The number of benzene rings is 1. The number of hydrogen-bond acceptors (Lipinski definition) is 6. The maximum Gasteiger partial charge on any atom is 0.310 e. The molecule has 8 heteroatoms. The zero-order chi connectivity index (χ0) is 21.7. The second-order valence-electron chi connectivity index (χ2n) is 7.57. The van der Waals surface area contributed by atoms with Crippen LogP contribution in [-0.2, 0) is 30.9 Å². The summed E-state index contributed by atoms with van der Waals surface area (Å²) >= 11 is 0. The van der Waals surface area contributed by atoms with Crippen molar-refractivity contribution in [2.24, 2.45) is 5.92 Å². The van der Waals surface area contributed by atoms with Gasteiger partial charge in [-0.2, -0.15) is 0 Å². The molecule has 2 aromatic rings. The summed E-state index contributed by atoms with van der Waals surface area (Å²) in [5, 5.41) is 0. The minimum atomic E-state index is -3.45. The molecule has 1 aromatic carbocycles. The molecule has 30 heavy (non-hydrogen) atoms. The lowest BCUT2D eigenvalue weighted by atomic mass is 9.98. The topological polar surface area (TPSA) is 93.9 Å². The van der Waals surface area contributed by atoms with Crippen LogP contribution in [0.3, 0.4) is 0 Å². The van der Waals surface area contributed by atoms with Gasteiger partial charge in [0.05, 0.1) is 18.3 Å². The SMILES string of the molecule is CCOC(=O)[C@H]1CCCN(C(=O)c2ccc(CS(=O)(=O)Cc3ccccc3C)o2)C1. The molecule has 3 rings (SSSR count). The summed E-state index contributed by atoms with van der Waals surface area (Å²) in [5.41, 5.74) is 1.66.